The summed E-state index contributed by atoms with van der Waals surface area (Å²) in [7, 11) is 0. The molecule has 0 aromatic rings. The van der Waals surface area contributed by atoms with Crippen LogP contribution >= 0.6 is 11.6 Å². The third-order valence-electron chi connectivity index (χ3n) is 2.52. The van der Waals surface area contributed by atoms with Gasteiger partial charge in [0.2, 0.25) is 0 Å². The molecule has 1 heteroatoms. The van der Waals surface area contributed by atoms with Crippen molar-refractivity contribution in [2.75, 3.05) is 0 Å². The second-order valence-electron chi connectivity index (χ2n) is 4.23. The molecule has 1 atom stereocenters. The molecular formula is C13H25Cl. The maximum absolute atomic E-state index is 5.88. The zero-order valence-electron chi connectivity index (χ0n) is 9.82. The van der Waals surface area contributed by atoms with Crippen molar-refractivity contribution >= 4 is 11.6 Å². The second-order valence-corrected chi connectivity index (χ2v) is 4.98. The molecule has 0 N–H and O–H groups in total. The molecule has 0 radical (unpaired) electrons. The summed E-state index contributed by atoms with van der Waals surface area (Å²) in [4.78, 5) is 0. The van der Waals surface area contributed by atoms with Crippen LogP contribution in [0.3, 0.4) is 0 Å². The molecule has 0 saturated carbocycles. The van der Waals surface area contributed by atoms with Gasteiger partial charge in [0, 0.05) is 5.38 Å². The molecule has 0 aliphatic heterocycles. The average molecular weight is 217 g/mol. The van der Waals surface area contributed by atoms with E-state index in [2.05, 4.69) is 20.4 Å². The maximum atomic E-state index is 5.88. The summed E-state index contributed by atoms with van der Waals surface area (Å²) in [6.07, 6.45) is 10.1. The summed E-state index contributed by atoms with van der Waals surface area (Å²) < 4.78 is 0. The SMILES string of the molecule is C=C(CCCCCC)CCCC(C)Cl. The summed E-state index contributed by atoms with van der Waals surface area (Å²) in [6.45, 7) is 8.41. The average Bonchev–Trinajstić information content (AvgIpc) is 2.12. The van der Waals surface area contributed by atoms with E-state index in [-0.39, 0.29) is 0 Å². The van der Waals surface area contributed by atoms with E-state index in [4.69, 9.17) is 11.6 Å². The highest BCUT2D eigenvalue weighted by Crippen LogP contribution is 2.16. The predicted molar refractivity (Wildman–Crippen MR) is 67.1 cm³/mol. The number of hydrogen-bond acceptors (Lipinski definition) is 0. The molecule has 0 nitrogen and oxygen atoms in total. The minimum atomic E-state index is 0.322. The van der Waals surface area contributed by atoms with E-state index in [1.54, 1.807) is 0 Å². The molecule has 14 heavy (non-hydrogen) atoms. The van der Waals surface area contributed by atoms with Crippen LogP contribution in [0.5, 0.6) is 0 Å². The molecule has 0 spiro atoms. The Morgan fingerprint density at radius 1 is 1.14 bits per heavy atom. The molecule has 0 bridgehead atoms. The maximum Gasteiger partial charge on any atom is 0.0307 e. The lowest BCUT2D eigenvalue weighted by atomic mass is 10.0. The van der Waals surface area contributed by atoms with Gasteiger partial charge in [-0.2, -0.15) is 0 Å². The van der Waals surface area contributed by atoms with Crippen LogP contribution in [-0.4, -0.2) is 5.38 Å². The molecule has 0 aromatic carbocycles. The Hall–Kier alpha value is 0.0300. The summed E-state index contributed by atoms with van der Waals surface area (Å²) in [5, 5.41) is 0.322. The Bertz CT molecular complexity index is 138. The van der Waals surface area contributed by atoms with Crippen molar-refractivity contribution < 1.29 is 0 Å². The van der Waals surface area contributed by atoms with E-state index in [9.17, 15) is 0 Å². The van der Waals surface area contributed by atoms with Crippen molar-refractivity contribution in [2.45, 2.75) is 70.6 Å². The molecule has 0 rings (SSSR count). The van der Waals surface area contributed by atoms with Gasteiger partial charge in [-0.3, -0.25) is 0 Å². The van der Waals surface area contributed by atoms with Crippen LogP contribution in [0.1, 0.15) is 65.2 Å². The van der Waals surface area contributed by atoms with E-state index >= 15 is 0 Å². The van der Waals surface area contributed by atoms with E-state index in [1.165, 1.54) is 50.5 Å². The molecule has 84 valence electrons. The zero-order valence-corrected chi connectivity index (χ0v) is 10.6. The zero-order chi connectivity index (χ0) is 10.8. The van der Waals surface area contributed by atoms with Crippen molar-refractivity contribution in [3.8, 4) is 0 Å². The molecule has 1 unspecified atom stereocenters. The molecule has 0 fully saturated rings. The molecule has 0 amide bonds. The lowest BCUT2D eigenvalue weighted by Crippen LogP contribution is -1.91. The fourth-order valence-electron chi connectivity index (χ4n) is 1.56. The van der Waals surface area contributed by atoms with Crippen LogP contribution in [-0.2, 0) is 0 Å². The van der Waals surface area contributed by atoms with Gasteiger partial charge in [-0.25, -0.2) is 0 Å². The first-order valence-electron chi connectivity index (χ1n) is 5.97. The van der Waals surface area contributed by atoms with E-state index in [0.29, 0.717) is 5.38 Å². The van der Waals surface area contributed by atoms with Gasteiger partial charge in [-0.05, 0) is 39.0 Å². The van der Waals surface area contributed by atoms with E-state index < -0.39 is 0 Å². The lowest BCUT2D eigenvalue weighted by Gasteiger charge is -2.06. The topological polar surface area (TPSA) is 0 Å². The van der Waals surface area contributed by atoms with Gasteiger partial charge in [0.25, 0.3) is 0 Å². The lowest BCUT2D eigenvalue weighted by molar-refractivity contribution is 0.639. The molecule has 0 saturated heterocycles. The van der Waals surface area contributed by atoms with Gasteiger partial charge in [0.15, 0.2) is 0 Å². The molecule has 0 aliphatic rings. The summed E-state index contributed by atoms with van der Waals surface area (Å²) in [5.41, 5.74) is 1.42. The monoisotopic (exact) mass is 216 g/mol. The second kappa shape index (κ2) is 9.58. The third-order valence-corrected chi connectivity index (χ3v) is 2.73. The Balaban J connectivity index is 3.20. The standard InChI is InChI=1S/C13H25Cl/c1-4-5-6-7-9-12(2)10-8-11-13(3)14/h13H,2,4-11H2,1,3H3. The highest BCUT2D eigenvalue weighted by Gasteiger charge is 1.98. The fraction of sp³-hybridized carbons (Fsp3) is 0.846. The fourth-order valence-corrected chi connectivity index (χ4v) is 1.71. The minimum Gasteiger partial charge on any atom is -0.123 e. The smallest absolute Gasteiger partial charge is 0.0307 e. The first-order valence-corrected chi connectivity index (χ1v) is 6.41. The number of hydrogen-bond donors (Lipinski definition) is 0. The summed E-state index contributed by atoms with van der Waals surface area (Å²) in [5.74, 6) is 0. The number of rotatable bonds is 9. The highest BCUT2D eigenvalue weighted by atomic mass is 35.5. The largest absolute Gasteiger partial charge is 0.123 e. The minimum absolute atomic E-state index is 0.322. The van der Waals surface area contributed by atoms with Crippen LogP contribution in [0.25, 0.3) is 0 Å². The van der Waals surface area contributed by atoms with Crippen molar-refractivity contribution in [2.24, 2.45) is 0 Å². The van der Waals surface area contributed by atoms with Crippen LogP contribution in [0.15, 0.2) is 12.2 Å². The van der Waals surface area contributed by atoms with Gasteiger partial charge in [-0.1, -0.05) is 38.3 Å². The van der Waals surface area contributed by atoms with E-state index in [1.807, 2.05) is 0 Å². The van der Waals surface area contributed by atoms with Crippen molar-refractivity contribution in [1.82, 2.24) is 0 Å². The Kier molecular flexibility index (Phi) is 9.60. The number of unbranched alkanes of at least 4 members (excludes halogenated alkanes) is 3. The molecular weight excluding hydrogens is 192 g/mol. The van der Waals surface area contributed by atoms with Crippen molar-refractivity contribution in [1.29, 1.82) is 0 Å². The number of allylic oxidation sites excluding steroid dienone is 1. The Morgan fingerprint density at radius 2 is 1.79 bits per heavy atom. The summed E-state index contributed by atoms with van der Waals surface area (Å²) >= 11 is 5.88. The highest BCUT2D eigenvalue weighted by molar-refractivity contribution is 6.20. The van der Waals surface area contributed by atoms with Crippen LogP contribution in [0, 0.1) is 0 Å². The van der Waals surface area contributed by atoms with Gasteiger partial charge < -0.3 is 0 Å². The third kappa shape index (κ3) is 10.1. The molecule has 0 heterocycles. The van der Waals surface area contributed by atoms with Crippen LogP contribution in [0.2, 0.25) is 0 Å². The number of alkyl halides is 1. The molecule has 0 aromatic heterocycles. The first-order chi connectivity index (χ1) is 6.66. The number of halogens is 1. The molecule has 0 aliphatic carbocycles. The van der Waals surface area contributed by atoms with Gasteiger partial charge >= 0.3 is 0 Å². The Labute approximate surface area is 94.7 Å². The predicted octanol–water partition coefficient (Wildman–Crippen LogP) is 5.31. The first kappa shape index (κ1) is 14.0. The van der Waals surface area contributed by atoms with Gasteiger partial charge in [-0.15, -0.1) is 11.6 Å². The van der Waals surface area contributed by atoms with E-state index in [0.717, 1.165) is 6.42 Å². The Morgan fingerprint density at radius 3 is 2.36 bits per heavy atom. The van der Waals surface area contributed by atoms with Gasteiger partial charge in [0.1, 0.15) is 0 Å². The van der Waals surface area contributed by atoms with Crippen LogP contribution < -0.4 is 0 Å². The normalized spacial score (nSPS) is 12.8. The summed E-state index contributed by atoms with van der Waals surface area (Å²) in [6, 6.07) is 0. The van der Waals surface area contributed by atoms with Crippen molar-refractivity contribution in [3.05, 3.63) is 12.2 Å². The van der Waals surface area contributed by atoms with Gasteiger partial charge in [0.05, 0.1) is 0 Å². The van der Waals surface area contributed by atoms with Crippen LogP contribution in [0.4, 0.5) is 0 Å². The van der Waals surface area contributed by atoms with Crippen molar-refractivity contribution in [3.63, 3.8) is 0 Å². The quantitative estimate of drug-likeness (QED) is 0.278.